The molecule has 1 aliphatic carbocycles. The van der Waals surface area contributed by atoms with E-state index in [1.165, 1.54) is 12.8 Å². The average molecular weight is 504 g/mol. The fraction of sp³-hybridized carbons (Fsp3) is 0.552. The lowest BCUT2D eigenvalue weighted by molar-refractivity contribution is 0.101. The predicted octanol–water partition coefficient (Wildman–Crippen LogP) is 4.64. The highest BCUT2D eigenvalue weighted by molar-refractivity contribution is 5.94. The van der Waals surface area contributed by atoms with Crippen molar-refractivity contribution in [3.05, 3.63) is 42.0 Å². The number of Topliss-reactive ketones (excluding diaryl/α,β-unsaturated/α-hetero) is 1. The van der Waals surface area contributed by atoms with Gasteiger partial charge in [0.1, 0.15) is 11.3 Å². The fourth-order valence-electron chi connectivity index (χ4n) is 5.10. The molecule has 2 fully saturated rings. The molecule has 198 valence electrons. The molecule has 5 rings (SSSR count). The van der Waals surface area contributed by atoms with Crippen molar-refractivity contribution >= 4 is 34.4 Å². The lowest BCUT2D eigenvalue weighted by Crippen LogP contribution is -2.44. The number of likely N-dealkylation sites (N-methyl/N-ethyl adjacent to an activating group) is 1. The number of piperazine rings is 1. The Labute approximate surface area is 220 Å². The van der Waals surface area contributed by atoms with Crippen LogP contribution in [0.2, 0.25) is 0 Å². The quantitative estimate of drug-likeness (QED) is 0.361. The van der Waals surface area contributed by atoms with Crippen molar-refractivity contribution in [3.63, 3.8) is 0 Å². The van der Waals surface area contributed by atoms with Crippen LogP contribution in [0.3, 0.4) is 0 Å². The highest BCUT2D eigenvalue weighted by atomic mass is 16.1. The second kappa shape index (κ2) is 11.6. The van der Waals surface area contributed by atoms with Crippen molar-refractivity contribution < 1.29 is 4.79 Å². The minimum Gasteiger partial charge on any atom is -0.356 e. The molecule has 3 aromatic rings. The van der Waals surface area contributed by atoms with Crippen LogP contribution in [0.15, 0.2) is 36.4 Å². The van der Waals surface area contributed by atoms with E-state index < -0.39 is 0 Å². The zero-order valence-corrected chi connectivity index (χ0v) is 22.6. The Hall–Kier alpha value is -2.97. The second-order valence-electron chi connectivity index (χ2n) is 10.7. The highest BCUT2D eigenvalue weighted by Gasteiger charge is 2.25. The number of pyridine rings is 1. The first-order valence-corrected chi connectivity index (χ1v) is 13.9. The number of nitrogens with one attached hydrogen (secondary N) is 1. The van der Waals surface area contributed by atoms with Crippen molar-refractivity contribution in [2.24, 2.45) is 5.92 Å². The molecule has 8 nitrogen and oxygen atoms in total. The molecule has 0 unspecified atom stereocenters. The summed E-state index contributed by atoms with van der Waals surface area (Å²) < 4.78 is 2.25. The van der Waals surface area contributed by atoms with Crippen LogP contribution in [0, 0.1) is 5.92 Å². The fourth-order valence-corrected chi connectivity index (χ4v) is 5.10. The Balaban J connectivity index is 1.40. The predicted molar refractivity (Wildman–Crippen MR) is 151 cm³/mol. The maximum atomic E-state index is 11.7. The summed E-state index contributed by atoms with van der Waals surface area (Å²) in [6, 6.07) is 11.9. The van der Waals surface area contributed by atoms with Crippen molar-refractivity contribution in [3.8, 4) is 0 Å². The molecule has 1 aliphatic heterocycles. The molecule has 8 heteroatoms. The number of hydrogen-bond donors (Lipinski definition) is 1. The van der Waals surface area contributed by atoms with E-state index in [9.17, 15) is 4.79 Å². The van der Waals surface area contributed by atoms with Crippen LogP contribution < -0.4 is 10.2 Å². The number of benzene rings is 1. The molecule has 1 saturated carbocycles. The molecule has 0 radical (unpaired) electrons. The van der Waals surface area contributed by atoms with Gasteiger partial charge in [-0.1, -0.05) is 6.92 Å². The minimum atomic E-state index is 0.0715. The van der Waals surface area contributed by atoms with E-state index in [1.807, 2.05) is 24.3 Å². The Morgan fingerprint density at radius 2 is 1.78 bits per heavy atom. The number of carbonyl (C=O) groups excluding carboxylic acids is 1. The average Bonchev–Trinajstić information content (AvgIpc) is 3.66. The van der Waals surface area contributed by atoms with Gasteiger partial charge in [-0.05, 0) is 88.5 Å². The summed E-state index contributed by atoms with van der Waals surface area (Å²) in [4.78, 5) is 29.2. The zero-order valence-electron chi connectivity index (χ0n) is 22.6. The van der Waals surface area contributed by atoms with Gasteiger partial charge >= 0.3 is 0 Å². The number of aryl methyl sites for hydroxylation is 1. The standard InChI is InChI=1S/C29H41N7O/c1-4-14-35(21-23-6-7-23)27-13-12-26-28(32-27)36(16-5-15-34-19-17-33(3)18-20-34)29(31-26)30-25-10-8-24(9-11-25)22(2)37/h8-13,23H,4-7,14-21H2,1-3H3,(H,30,31). The van der Waals surface area contributed by atoms with Gasteiger partial charge in [0.15, 0.2) is 11.4 Å². The van der Waals surface area contributed by atoms with Gasteiger partial charge in [0.05, 0.1) is 0 Å². The van der Waals surface area contributed by atoms with Gasteiger partial charge in [-0.15, -0.1) is 0 Å². The van der Waals surface area contributed by atoms with Crippen LogP contribution in [-0.4, -0.2) is 83.0 Å². The normalized spacial score (nSPS) is 16.8. The number of aromatic nitrogens is 3. The van der Waals surface area contributed by atoms with Crippen molar-refractivity contribution in [2.75, 3.05) is 63.1 Å². The van der Waals surface area contributed by atoms with Crippen molar-refractivity contribution in [1.29, 1.82) is 0 Å². The summed E-state index contributed by atoms with van der Waals surface area (Å²) in [5.41, 5.74) is 3.48. The summed E-state index contributed by atoms with van der Waals surface area (Å²) in [5, 5.41) is 3.51. The largest absolute Gasteiger partial charge is 0.356 e. The second-order valence-corrected chi connectivity index (χ2v) is 10.7. The molecular formula is C29H41N7O. The summed E-state index contributed by atoms with van der Waals surface area (Å²) >= 11 is 0. The van der Waals surface area contributed by atoms with Crippen LogP contribution in [0.5, 0.6) is 0 Å². The third-order valence-corrected chi connectivity index (χ3v) is 7.57. The first kappa shape index (κ1) is 25.7. The summed E-state index contributed by atoms with van der Waals surface area (Å²) in [5.74, 6) is 2.74. The van der Waals surface area contributed by atoms with Gasteiger partial charge in [-0.3, -0.25) is 9.36 Å². The number of carbonyl (C=O) groups is 1. The molecule has 37 heavy (non-hydrogen) atoms. The van der Waals surface area contributed by atoms with E-state index in [0.29, 0.717) is 5.56 Å². The summed E-state index contributed by atoms with van der Waals surface area (Å²) in [6.07, 6.45) is 4.83. The van der Waals surface area contributed by atoms with Gasteiger partial charge in [0.25, 0.3) is 0 Å². The molecule has 1 aromatic carbocycles. The summed E-state index contributed by atoms with van der Waals surface area (Å²) in [7, 11) is 2.20. The molecule has 3 heterocycles. The number of nitrogens with zero attached hydrogens (tertiary/aromatic N) is 6. The van der Waals surface area contributed by atoms with E-state index in [0.717, 1.165) is 99.7 Å². The van der Waals surface area contributed by atoms with Crippen molar-refractivity contribution in [2.45, 2.75) is 46.1 Å². The number of fused-ring (bicyclic) bond motifs is 1. The van der Waals surface area contributed by atoms with Gasteiger partial charge < -0.3 is 20.0 Å². The Kier molecular flexibility index (Phi) is 8.05. The Morgan fingerprint density at radius 1 is 1.03 bits per heavy atom. The molecule has 2 aliphatic rings. The van der Waals surface area contributed by atoms with E-state index in [1.54, 1.807) is 6.92 Å². The summed E-state index contributed by atoms with van der Waals surface area (Å²) in [6.45, 7) is 12.4. The molecule has 0 bridgehead atoms. The number of anilines is 3. The number of rotatable bonds is 12. The van der Waals surface area contributed by atoms with Gasteiger partial charge in [0.2, 0.25) is 5.95 Å². The van der Waals surface area contributed by atoms with Crippen LogP contribution in [0.25, 0.3) is 11.2 Å². The first-order valence-electron chi connectivity index (χ1n) is 13.9. The van der Waals surface area contributed by atoms with Gasteiger partial charge in [-0.2, -0.15) is 0 Å². The maximum Gasteiger partial charge on any atom is 0.209 e. The Morgan fingerprint density at radius 3 is 2.46 bits per heavy atom. The SMILES string of the molecule is CCCN(CC1CC1)c1ccc2nc(Nc3ccc(C(C)=O)cc3)n(CCCN3CCN(C)CC3)c2n1. The van der Waals surface area contributed by atoms with Crippen LogP contribution >= 0.6 is 0 Å². The van der Waals surface area contributed by atoms with Gasteiger partial charge in [-0.25, -0.2) is 9.97 Å². The maximum absolute atomic E-state index is 11.7. The van der Waals surface area contributed by atoms with E-state index in [4.69, 9.17) is 9.97 Å². The Bertz CT molecular complexity index is 1190. The molecular weight excluding hydrogens is 462 g/mol. The third-order valence-electron chi connectivity index (χ3n) is 7.57. The third kappa shape index (κ3) is 6.48. The van der Waals surface area contributed by atoms with Gasteiger partial charge in [0, 0.05) is 57.1 Å². The topological polar surface area (TPSA) is 69.5 Å². The van der Waals surface area contributed by atoms with Crippen LogP contribution in [0.4, 0.5) is 17.5 Å². The lowest BCUT2D eigenvalue weighted by atomic mass is 10.1. The molecule has 1 saturated heterocycles. The molecule has 2 aromatic heterocycles. The monoisotopic (exact) mass is 503 g/mol. The van der Waals surface area contributed by atoms with Crippen LogP contribution in [0.1, 0.15) is 49.9 Å². The molecule has 0 atom stereocenters. The van der Waals surface area contributed by atoms with Crippen LogP contribution in [-0.2, 0) is 6.54 Å². The van der Waals surface area contributed by atoms with E-state index in [-0.39, 0.29) is 5.78 Å². The first-order chi connectivity index (χ1) is 18.0. The van der Waals surface area contributed by atoms with E-state index in [2.05, 4.69) is 50.7 Å². The minimum absolute atomic E-state index is 0.0715. The molecule has 1 N–H and O–H groups in total. The lowest BCUT2D eigenvalue weighted by Gasteiger charge is -2.32. The smallest absolute Gasteiger partial charge is 0.209 e. The van der Waals surface area contributed by atoms with E-state index >= 15 is 0 Å². The molecule has 0 amide bonds. The molecule has 0 spiro atoms. The highest BCUT2D eigenvalue weighted by Crippen LogP contribution is 2.32. The van der Waals surface area contributed by atoms with Crippen molar-refractivity contribution in [1.82, 2.24) is 24.3 Å². The number of ketones is 1. The number of hydrogen-bond acceptors (Lipinski definition) is 7. The zero-order chi connectivity index (χ0) is 25.8. The number of imidazole rings is 1.